The Morgan fingerprint density at radius 1 is 1.42 bits per heavy atom. The van der Waals surface area contributed by atoms with E-state index in [1.165, 1.54) is 25.0 Å². The zero-order valence-electron chi connectivity index (χ0n) is 11.1. The predicted molar refractivity (Wildman–Crippen MR) is 70.9 cm³/mol. The molecule has 0 saturated heterocycles. The molecule has 0 radical (unpaired) electrons. The van der Waals surface area contributed by atoms with E-state index in [1.807, 2.05) is 0 Å². The second kappa shape index (κ2) is 6.07. The van der Waals surface area contributed by atoms with Crippen molar-refractivity contribution >= 4 is 10.0 Å². The van der Waals surface area contributed by atoms with Crippen LogP contribution in [-0.2, 0) is 16.6 Å². The summed E-state index contributed by atoms with van der Waals surface area (Å²) in [6.07, 6.45) is 4.56. The average molecular weight is 287 g/mol. The predicted octanol–water partition coefficient (Wildman–Crippen LogP) is 1.88. The van der Waals surface area contributed by atoms with Crippen LogP contribution in [0, 0.1) is 11.8 Å². The molecule has 0 spiro atoms. The highest BCUT2D eigenvalue weighted by atomic mass is 32.2. The van der Waals surface area contributed by atoms with E-state index in [0.29, 0.717) is 18.4 Å². The molecule has 108 valence electrons. The fraction of sp³-hybridized carbons (Fsp3) is 0.692. The van der Waals surface area contributed by atoms with Crippen LogP contribution in [0.15, 0.2) is 21.6 Å². The first-order valence-electron chi connectivity index (χ1n) is 6.70. The minimum Gasteiger partial charge on any atom is -0.446 e. The summed E-state index contributed by atoms with van der Waals surface area (Å²) in [5, 5.41) is 8.75. The number of rotatable bonds is 5. The smallest absolute Gasteiger partial charge is 0.273 e. The van der Waals surface area contributed by atoms with E-state index in [9.17, 15) is 8.42 Å². The number of hydrogen-bond acceptors (Lipinski definition) is 4. The number of nitrogens with one attached hydrogen (secondary N) is 1. The Balaban J connectivity index is 1.93. The van der Waals surface area contributed by atoms with E-state index >= 15 is 0 Å². The van der Waals surface area contributed by atoms with Gasteiger partial charge in [0.1, 0.15) is 12.4 Å². The van der Waals surface area contributed by atoms with Crippen LogP contribution in [0.1, 0.15) is 38.4 Å². The summed E-state index contributed by atoms with van der Waals surface area (Å²) < 4.78 is 31.7. The molecule has 1 heterocycles. The maximum atomic E-state index is 12.0. The Labute approximate surface area is 114 Å². The van der Waals surface area contributed by atoms with Gasteiger partial charge in [-0.25, -0.2) is 13.1 Å². The third-order valence-corrected chi connectivity index (χ3v) is 4.96. The van der Waals surface area contributed by atoms with Crippen LogP contribution in [0.5, 0.6) is 0 Å². The van der Waals surface area contributed by atoms with Crippen LogP contribution in [0.2, 0.25) is 0 Å². The Hall–Kier alpha value is -0.850. The van der Waals surface area contributed by atoms with E-state index < -0.39 is 10.0 Å². The number of aliphatic hydroxyl groups excluding tert-OH is 1. The second-order valence-electron chi connectivity index (χ2n) is 5.37. The average Bonchev–Trinajstić information content (AvgIpc) is 2.86. The summed E-state index contributed by atoms with van der Waals surface area (Å²) in [6.45, 7) is 2.37. The van der Waals surface area contributed by atoms with Crippen LogP contribution < -0.4 is 4.72 Å². The lowest BCUT2D eigenvalue weighted by atomic mass is 9.83. The first kappa shape index (κ1) is 14.6. The third kappa shape index (κ3) is 3.81. The molecule has 2 unspecified atom stereocenters. The molecule has 5 nitrogen and oxygen atoms in total. The lowest BCUT2D eigenvalue weighted by Gasteiger charge is -2.26. The summed E-state index contributed by atoms with van der Waals surface area (Å²) in [7, 11) is -3.59. The van der Waals surface area contributed by atoms with E-state index in [2.05, 4.69) is 11.6 Å². The van der Waals surface area contributed by atoms with Crippen LogP contribution in [0.4, 0.5) is 0 Å². The molecule has 1 aromatic rings. The molecule has 2 N–H and O–H groups in total. The minimum absolute atomic E-state index is 0.125. The zero-order chi connectivity index (χ0) is 13.9. The maximum absolute atomic E-state index is 12.0. The Morgan fingerprint density at radius 2 is 2.21 bits per heavy atom. The fourth-order valence-electron chi connectivity index (χ4n) is 2.63. The fourth-order valence-corrected chi connectivity index (χ4v) is 3.69. The molecule has 1 saturated carbocycles. The zero-order valence-corrected chi connectivity index (χ0v) is 11.9. The third-order valence-electron chi connectivity index (χ3n) is 3.66. The van der Waals surface area contributed by atoms with Gasteiger partial charge in [0, 0.05) is 6.54 Å². The lowest BCUT2D eigenvalue weighted by molar-refractivity contribution is 0.236. The summed E-state index contributed by atoms with van der Waals surface area (Å²) in [5.74, 6) is 1.34. The standard InChI is InChI=1S/C13H21NO4S/c1-10-3-2-4-11(7-10)8-14-19(16,17)13-6-5-12(9-15)18-13/h5-6,10-11,14-15H,2-4,7-9H2,1H3. The molecule has 1 aliphatic rings. The van der Waals surface area contributed by atoms with Gasteiger partial charge in [0.05, 0.1) is 0 Å². The highest BCUT2D eigenvalue weighted by Gasteiger charge is 2.23. The van der Waals surface area contributed by atoms with E-state index in [1.54, 1.807) is 0 Å². The monoisotopic (exact) mass is 287 g/mol. The van der Waals surface area contributed by atoms with Crippen molar-refractivity contribution in [2.45, 2.75) is 44.3 Å². The Kier molecular flexibility index (Phi) is 4.65. The SMILES string of the molecule is CC1CCCC(CNS(=O)(=O)c2ccc(CO)o2)C1. The van der Waals surface area contributed by atoms with Crippen LogP contribution in [-0.4, -0.2) is 20.1 Å². The van der Waals surface area contributed by atoms with Crippen molar-refractivity contribution in [3.63, 3.8) is 0 Å². The van der Waals surface area contributed by atoms with E-state index in [4.69, 9.17) is 9.52 Å². The van der Waals surface area contributed by atoms with Crippen molar-refractivity contribution in [2.24, 2.45) is 11.8 Å². The normalized spacial score (nSPS) is 24.5. The molecule has 1 fully saturated rings. The summed E-state index contributed by atoms with van der Waals surface area (Å²) >= 11 is 0. The molecule has 0 amide bonds. The topological polar surface area (TPSA) is 79.5 Å². The maximum Gasteiger partial charge on any atom is 0.273 e. The van der Waals surface area contributed by atoms with Gasteiger partial charge in [0.15, 0.2) is 0 Å². The van der Waals surface area contributed by atoms with Crippen molar-refractivity contribution in [1.82, 2.24) is 4.72 Å². The van der Waals surface area contributed by atoms with Crippen LogP contribution in [0.3, 0.4) is 0 Å². The number of aliphatic hydroxyl groups is 1. The molecule has 2 rings (SSSR count). The van der Waals surface area contributed by atoms with Gasteiger partial charge in [-0.3, -0.25) is 0 Å². The summed E-state index contributed by atoms with van der Waals surface area (Å²) in [6, 6.07) is 2.84. The van der Waals surface area contributed by atoms with Gasteiger partial charge in [-0.2, -0.15) is 0 Å². The van der Waals surface area contributed by atoms with E-state index in [-0.39, 0.29) is 17.5 Å². The molecular formula is C13H21NO4S. The van der Waals surface area contributed by atoms with Crippen molar-refractivity contribution in [2.75, 3.05) is 6.54 Å². The summed E-state index contributed by atoms with van der Waals surface area (Å²) in [5.41, 5.74) is 0. The molecular weight excluding hydrogens is 266 g/mol. The molecule has 6 heteroatoms. The van der Waals surface area contributed by atoms with Crippen LogP contribution >= 0.6 is 0 Å². The molecule has 0 bridgehead atoms. The molecule has 19 heavy (non-hydrogen) atoms. The van der Waals surface area contributed by atoms with Crippen LogP contribution in [0.25, 0.3) is 0 Å². The Morgan fingerprint density at radius 3 is 2.84 bits per heavy atom. The second-order valence-corrected chi connectivity index (χ2v) is 7.07. The first-order chi connectivity index (χ1) is 9.01. The largest absolute Gasteiger partial charge is 0.446 e. The molecule has 2 atom stereocenters. The van der Waals surface area contributed by atoms with Crippen molar-refractivity contribution in [3.05, 3.63) is 17.9 Å². The van der Waals surface area contributed by atoms with Gasteiger partial charge < -0.3 is 9.52 Å². The summed E-state index contributed by atoms with van der Waals surface area (Å²) in [4.78, 5) is 0. The lowest BCUT2D eigenvalue weighted by Crippen LogP contribution is -2.31. The van der Waals surface area contributed by atoms with Gasteiger partial charge in [-0.05, 0) is 36.8 Å². The first-order valence-corrected chi connectivity index (χ1v) is 8.19. The van der Waals surface area contributed by atoms with Gasteiger partial charge in [0.25, 0.3) is 10.0 Å². The highest BCUT2D eigenvalue weighted by molar-refractivity contribution is 7.89. The van der Waals surface area contributed by atoms with Crippen molar-refractivity contribution < 1.29 is 17.9 Å². The molecule has 1 aliphatic carbocycles. The minimum atomic E-state index is -3.59. The van der Waals surface area contributed by atoms with Gasteiger partial charge in [-0.1, -0.05) is 19.8 Å². The number of sulfonamides is 1. The van der Waals surface area contributed by atoms with Gasteiger partial charge >= 0.3 is 0 Å². The highest BCUT2D eigenvalue weighted by Crippen LogP contribution is 2.28. The van der Waals surface area contributed by atoms with Crippen molar-refractivity contribution in [3.8, 4) is 0 Å². The van der Waals surface area contributed by atoms with Gasteiger partial charge in [-0.15, -0.1) is 0 Å². The number of furan rings is 1. The quantitative estimate of drug-likeness (QED) is 0.866. The molecule has 0 aliphatic heterocycles. The number of hydrogen-bond donors (Lipinski definition) is 2. The molecule has 0 aromatic carbocycles. The van der Waals surface area contributed by atoms with Gasteiger partial charge in [0.2, 0.25) is 5.09 Å². The molecule has 1 aromatic heterocycles. The van der Waals surface area contributed by atoms with E-state index in [0.717, 1.165) is 12.8 Å². The van der Waals surface area contributed by atoms with Crippen molar-refractivity contribution in [1.29, 1.82) is 0 Å². The Bertz CT molecular complexity index is 508.